The fourth-order valence-corrected chi connectivity index (χ4v) is 2.36. The number of rotatable bonds is 5. The summed E-state index contributed by atoms with van der Waals surface area (Å²) in [6.45, 7) is 1.54. The van der Waals surface area contributed by atoms with Crippen molar-refractivity contribution in [3.63, 3.8) is 0 Å². The van der Waals surface area contributed by atoms with E-state index in [1.807, 2.05) is 42.5 Å². The predicted octanol–water partition coefficient (Wildman–Crippen LogP) is 4.40. The van der Waals surface area contributed by atoms with Gasteiger partial charge in [0.2, 0.25) is 0 Å². The molecule has 0 aliphatic heterocycles. The standard InChI is InChI=1S/C15H15BrClNO/c1-19-14-5-2-11(3-6-14)9-18-10-12-8-13(16)4-7-15(12)17/h2-8,18H,9-10H2,1H3. The maximum absolute atomic E-state index is 6.14. The molecule has 0 aliphatic rings. The SMILES string of the molecule is COc1ccc(CNCc2cc(Br)ccc2Cl)cc1. The molecule has 0 aliphatic carbocycles. The molecular weight excluding hydrogens is 326 g/mol. The second-order valence-corrected chi connectivity index (χ2v) is 5.51. The monoisotopic (exact) mass is 339 g/mol. The van der Waals surface area contributed by atoms with Gasteiger partial charge < -0.3 is 10.1 Å². The molecule has 2 aromatic carbocycles. The Morgan fingerprint density at radius 2 is 1.84 bits per heavy atom. The Kier molecular flexibility index (Phi) is 5.25. The number of halogens is 2. The predicted molar refractivity (Wildman–Crippen MR) is 82.7 cm³/mol. The summed E-state index contributed by atoms with van der Waals surface area (Å²) >= 11 is 9.59. The zero-order valence-corrected chi connectivity index (χ0v) is 13.0. The normalized spacial score (nSPS) is 10.5. The first kappa shape index (κ1) is 14.4. The third kappa shape index (κ3) is 4.23. The van der Waals surface area contributed by atoms with E-state index in [0.717, 1.165) is 33.9 Å². The third-order valence-electron chi connectivity index (χ3n) is 2.81. The van der Waals surface area contributed by atoms with Crippen LogP contribution in [0.2, 0.25) is 5.02 Å². The zero-order valence-electron chi connectivity index (χ0n) is 10.6. The van der Waals surface area contributed by atoms with Crippen molar-refractivity contribution in [3.8, 4) is 5.75 Å². The average Bonchev–Trinajstić information content (AvgIpc) is 2.43. The molecule has 2 rings (SSSR count). The molecule has 0 saturated carbocycles. The minimum atomic E-state index is 0.740. The fourth-order valence-electron chi connectivity index (χ4n) is 1.76. The van der Waals surface area contributed by atoms with Crippen LogP contribution in [0.25, 0.3) is 0 Å². The van der Waals surface area contributed by atoms with Crippen molar-refractivity contribution in [2.45, 2.75) is 13.1 Å². The number of hydrogen-bond donors (Lipinski definition) is 1. The maximum Gasteiger partial charge on any atom is 0.118 e. The first-order valence-electron chi connectivity index (χ1n) is 5.96. The molecule has 0 spiro atoms. The smallest absolute Gasteiger partial charge is 0.118 e. The van der Waals surface area contributed by atoms with Gasteiger partial charge in [0, 0.05) is 22.6 Å². The van der Waals surface area contributed by atoms with Gasteiger partial charge in [-0.2, -0.15) is 0 Å². The number of hydrogen-bond acceptors (Lipinski definition) is 2. The molecule has 0 heterocycles. The van der Waals surface area contributed by atoms with E-state index >= 15 is 0 Å². The molecular formula is C15H15BrClNO. The van der Waals surface area contributed by atoms with Crippen LogP contribution in [0, 0.1) is 0 Å². The first-order chi connectivity index (χ1) is 9.19. The van der Waals surface area contributed by atoms with Crippen molar-refractivity contribution in [2.75, 3.05) is 7.11 Å². The highest BCUT2D eigenvalue weighted by molar-refractivity contribution is 9.10. The second kappa shape index (κ2) is 6.94. The summed E-state index contributed by atoms with van der Waals surface area (Å²) in [7, 11) is 1.67. The summed E-state index contributed by atoms with van der Waals surface area (Å²) in [5, 5.41) is 4.16. The van der Waals surface area contributed by atoms with E-state index in [1.54, 1.807) is 7.11 Å². The maximum atomic E-state index is 6.14. The highest BCUT2D eigenvalue weighted by Crippen LogP contribution is 2.21. The molecule has 0 amide bonds. The molecule has 0 radical (unpaired) electrons. The lowest BCUT2D eigenvalue weighted by Crippen LogP contribution is -2.12. The van der Waals surface area contributed by atoms with Gasteiger partial charge in [-0.05, 0) is 41.5 Å². The second-order valence-electron chi connectivity index (χ2n) is 4.19. The van der Waals surface area contributed by atoms with Crippen LogP contribution in [0.3, 0.4) is 0 Å². The van der Waals surface area contributed by atoms with Gasteiger partial charge in [-0.3, -0.25) is 0 Å². The first-order valence-corrected chi connectivity index (χ1v) is 7.13. The molecule has 4 heteroatoms. The summed E-state index contributed by atoms with van der Waals surface area (Å²) in [4.78, 5) is 0. The van der Waals surface area contributed by atoms with Gasteiger partial charge in [-0.25, -0.2) is 0 Å². The molecule has 0 unspecified atom stereocenters. The molecule has 0 atom stereocenters. The highest BCUT2D eigenvalue weighted by Gasteiger charge is 2.01. The van der Waals surface area contributed by atoms with Crippen LogP contribution in [0.15, 0.2) is 46.9 Å². The molecule has 1 N–H and O–H groups in total. The van der Waals surface area contributed by atoms with Crippen LogP contribution in [0.1, 0.15) is 11.1 Å². The summed E-state index contributed by atoms with van der Waals surface area (Å²) in [5.41, 5.74) is 2.30. The summed E-state index contributed by atoms with van der Waals surface area (Å²) < 4.78 is 6.17. The number of nitrogens with one attached hydrogen (secondary N) is 1. The van der Waals surface area contributed by atoms with Crippen LogP contribution in [-0.4, -0.2) is 7.11 Å². The lowest BCUT2D eigenvalue weighted by Gasteiger charge is -2.08. The molecule has 2 aromatic rings. The minimum Gasteiger partial charge on any atom is -0.497 e. The van der Waals surface area contributed by atoms with Crippen molar-refractivity contribution in [3.05, 3.63) is 63.1 Å². The zero-order chi connectivity index (χ0) is 13.7. The van der Waals surface area contributed by atoms with Crippen LogP contribution in [0.4, 0.5) is 0 Å². The minimum absolute atomic E-state index is 0.740. The topological polar surface area (TPSA) is 21.3 Å². The van der Waals surface area contributed by atoms with Crippen LogP contribution in [-0.2, 0) is 13.1 Å². The Morgan fingerprint density at radius 1 is 1.11 bits per heavy atom. The van der Waals surface area contributed by atoms with Gasteiger partial charge in [0.25, 0.3) is 0 Å². The van der Waals surface area contributed by atoms with E-state index in [9.17, 15) is 0 Å². The largest absolute Gasteiger partial charge is 0.497 e. The van der Waals surface area contributed by atoms with Crippen LogP contribution >= 0.6 is 27.5 Å². The number of methoxy groups -OCH3 is 1. The summed E-state index contributed by atoms with van der Waals surface area (Å²) in [6.07, 6.45) is 0. The van der Waals surface area contributed by atoms with E-state index in [4.69, 9.17) is 16.3 Å². The molecule has 100 valence electrons. The van der Waals surface area contributed by atoms with E-state index in [1.165, 1.54) is 5.56 Å². The highest BCUT2D eigenvalue weighted by atomic mass is 79.9. The van der Waals surface area contributed by atoms with E-state index in [0.29, 0.717) is 0 Å². The van der Waals surface area contributed by atoms with Gasteiger partial charge in [0.15, 0.2) is 0 Å². The van der Waals surface area contributed by atoms with Gasteiger partial charge >= 0.3 is 0 Å². The van der Waals surface area contributed by atoms with Gasteiger partial charge in [0.05, 0.1) is 7.11 Å². The van der Waals surface area contributed by atoms with E-state index in [2.05, 4.69) is 21.2 Å². The van der Waals surface area contributed by atoms with Gasteiger partial charge in [0.1, 0.15) is 5.75 Å². The third-order valence-corrected chi connectivity index (χ3v) is 3.67. The Balaban J connectivity index is 1.90. The molecule has 0 aromatic heterocycles. The molecule has 0 bridgehead atoms. The molecule has 0 fully saturated rings. The van der Waals surface area contributed by atoms with Crippen molar-refractivity contribution < 1.29 is 4.74 Å². The fraction of sp³-hybridized carbons (Fsp3) is 0.200. The summed E-state index contributed by atoms with van der Waals surface area (Å²) in [5.74, 6) is 0.874. The number of benzene rings is 2. The van der Waals surface area contributed by atoms with Gasteiger partial charge in [-0.1, -0.05) is 39.7 Å². The average molecular weight is 341 g/mol. The Labute approximate surface area is 126 Å². The Morgan fingerprint density at radius 3 is 2.53 bits per heavy atom. The summed E-state index contributed by atoms with van der Waals surface area (Å²) in [6, 6.07) is 13.9. The quantitative estimate of drug-likeness (QED) is 0.871. The van der Waals surface area contributed by atoms with E-state index < -0.39 is 0 Å². The molecule has 19 heavy (non-hydrogen) atoms. The van der Waals surface area contributed by atoms with Crippen molar-refractivity contribution in [1.82, 2.24) is 5.32 Å². The number of ether oxygens (including phenoxy) is 1. The van der Waals surface area contributed by atoms with Crippen LogP contribution < -0.4 is 10.1 Å². The molecule has 2 nitrogen and oxygen atoms in total. The van der Waals surface area contributed by atoms with Crippen molar-refractivity contribution in [2.24, 2.45) is 0 Å². The molecule has 0 saturated heterocycles. The van der Waals surface area contributed by atoms with Crippen molar-refractivity contribution >= 4 is 27.5 Å². The Hall–Kier alpha value is -1.03. The lowest BCUT2D eigenvalue weighted by molar-refractivity contribution is 0.414. The van der Waals surface area contributed by atoms with Crippen LogP contribution in [0.5, 0.6) is 5.75 Å². The van der Waals surface area contributed by atoms with Gasteiger partial charge in [-0.15, -0.1) is 0 Å². The lowest BCUT2D eigenvalue weighted by atomic mass is 10.2. The van der Waals surface area contributed by atoms with Crippen molar-refractivity contribution in [1.29, 1.82) is 0 Å². The van der Waals surface area contributed by atoms with E-state index in [-0.39, 0.29) is 0 Å². The Bertz CT molecular complexity index is 542.